The molecule has 2 aromatic heterocycles. The quantitative estimate of drug-likeness (QED) is 0.782. The first-order valence-corrected chi connectivity index (χ1v) is 7.47. The van der Waals surface area contributed by atoms with Crippen LogP contribution < -0.4 is 5.32 Å². The number of aryl methyl sites for hydroxylation is 1. The van der Waals surface area contributed by atoms with Crippen LogP contribution in [0.2, 0.25) is 0 Å². The molecular weight excluding hydrogens is 270 g/mol. The van der Waals surface area contributed by atoms with Crippen LogP contribution in [0.1, 0.15) is 23.8 Å². The van der Waals surface area contributed by atoms with E-state index in [0.717, 1.165) is 29.3 Å². The highest BCUT2D eigenvalue weighted by atomic mass is 32.1. The van der Waals surface area contributed by atoms with E-state index in [2.05, 4.69) is 45.6 Å². The van der Waals surface area contributed by atoms with E-state index in [-0.39, 0.29) is 6.04 Å². The number of hydrogen-bond donors (Lipinski definition) is 1. The first-order valence-electron chi connectivity index (χ1n) is 6.66. The summed E-state index contributed by atoms with van der Waals surface area (Å²) in [6.07, 6.45) is 2.60. The van der Waals surface area contributed by atoms with Crippen LogP contribution in [0.5, 0.6) is 0 Å². The Labute approximate surface area is 121 Å². The first-order chi connectivity index (χ1) is 9.74. The predicted octanol–water partition coefficient (Wildman–Crippen LogP) is 2.32. The highest BCUT2D eigenvalue weighted by Crippen LogP contribution is 2.25. The fourth-order valence-corrected chi connectivity index (χ4v) is 3.09. The lowest BCUT2D eigenvalue weighted by molar-refractivity contribution is 0.563. The van der Waals surface area contributed by atoms with E-state index in [4.69, 9.17) is 0 Å². The third-order valence-electron chi connectivity index (χ3n) is 3.29. The van der Waals surface area contributed by atoms with Crippen molar-refractivity contribution in [1.82, 2.24) is 25.1 Å². The van der Waals surface area contributed by atoms with E-state index in [0.29, 0.717) is 0 Å². The molecule has 1 unspecified atom stereocenters. The van der Waals surface area contributed by atoms with Crippen molar-refractivity contribution < 1.29 is 0 Å². The molecule has 1 atom stereocenters. The summed E-state index contributed by atoms with van der Waals surface area (Å²) in [6.45, 7) is 3.01. The number of benzene rings is 1. The van der Waals surface area contributed by atoms with Gasteiger partial charge in [-0.05, 0) is 19.1 Å². The number of nitrogens with one attached hydrogen (secondary N) is 1. The van der Waals surface area contributed by atoms with Gasteiger partial charge >= 0.3 is 0 Å². The molecule has 0 saturated carbocycles. The van der Waals surface area contributed by atoms with E-state index in [1.807, 2.05) is 17.7 Å². The maximum atomic E-state index is 4.67. The molecule has 0 amide bonds. The molecule has 0 spiro atoms. The van der Waals surface area contributed by atoms with Gasteiger partial charge in [0.05, 0.1) is 16.3 Å². The highest BCUT2D eigenvalue weighted by Gasteiger charge is 2.11. The van der Waals surface area contributed by atoms with E-state index in [1.54, 1.807) is 17.7 Å². The fraction of sp³-hybridized carbons (Fsp3) is 0.357. The van der Waals surface area contributed by atoms with Crippen LogP contribution >= 0.6 is 11.3 Å². The maximum absolute atomic E-state index is 4.67. The highest BCUT2D eigenvalue weighted by molar-refractivity contribution is 7.18. The van der Waals surface area contributed by atoms with Gasteiger partial charge in [0.2, 0.25) is 0 Å². The molecule has 1 aromatic carbocycles. The van der Waals surface area contributed by atoms with Crippen molar-refractivity contribution in [2.75, 3.05) is 6.54 Å². The molecule has 3 aromatic rings. The Morgan fingerprint density at radius 1 is 1.35 bits per heavy atom. The number of nitrogens with zero attached hydrogens (tertiary/aromatic N) is 4. The molecule has 0 aliphatic carbocycles. The third kappa shape index (κ3) is 2.71. The summed E-state index contributed by atoms with van der Waals surface area (Å²) in [4.78, 5) is 4.67. The Morgan fingerprint density at radius 2 is 2.20 bits per heavy atom. The van der Waals surface area contributed by atoms with Gasteiger partial charge in [-0.2, -0.15) is 0 Å². The van der Waals surface area contributed by atoms with Crippen LogP contribution in [0.3, 0.4) is 0 Å². The van der Waals surface area contributed by atoms with Gasteiger partial charge in [0.1, 0.15) is 17.2 Å². The zero-order chi connectivity index (χ0) is 13.9. The number of thiazole rings is 1. The van der Waals surface area contributed by atoms with Crippen LogP contribution in [0.25, 0.3) is 10.2 Å². The number of aromatic nitrogens is 4. The number of rotatable bonds is 5. The first kappa shape index (κ1) is 13.2. The molecule has 5 nitrogen and oxygen atoms in total. The molecule has 2 heterocycles. The van der Waals surface area contributed by atoms with Gasteiger partial charge in [-0.15, -0.1) is 21.5 Å². The molecule has 0 aliphatic rings. The molecule has 0 aliphatic heterocycles. The monoisotopic (exact) mass is 287 g/mol. The Bertz CT molecular complexity index is 669. The molecule has 6 heteroatoms. The Balaban J connectivity index is 1.61. The molecule has 0 bridgehead atoms. The average molecular weight is 287 g/mol. The second-order valence-electron chi connectivity index (χ2n) is 4.80. The van der Waals surface area contributed by atoms with Gasteiger partial charge in [-0.3, -0.25) is 0 Å². The molecule has 3 rings (SSSR count). The second-order valence-corrected chi connectivity index (χ2v) is 5.87. The summed E-state index contributed by atoms with van der Waals surface area (Å²) >= 11 is 1.75. The summed E-state index contributed by atoms with van der Waals surface area (Å²) in [5, 5.41) is 12.6. The smallest absolute Gasteiger partial charge is 0.133 e. The summed E-state index contributed by atoms with van der Waals surface area (Å²) in [5.41, 5.74) is 1.08. The van der Waals surface area contributed by atoms with Crippen molar-refractivity contribution in [3.05, 3.63) is 41.4 Å². The second kappa shape index (κ2) is 5.68. The zero-order valence-electron chi connectivity index (χ0n) is 11.6. The zero-order valence-corrected chi connectivity index (χ0v) is 12.4. The average Bonchev–Trinajstić information content (AvgIpc) is 3.05. The van der Waals surface area contributed by atoms with Crippen molar-refractivity contribution in [2.24, 2.45) is 7.05 Å². The molecule has 104 valence electrons. The molecule has 0 saturated heterocycles. The van der Waals surface area contributed by atoms with Crippen molar-refractivity contribution >= 4 is 21.6 Å². The van der Waals surface area contributed by atoms with Gasteiger partial charge < -0.3 is 9.88 Å². The van der Waals surface area contributed by atoms with Gasteiger partial charge in [-0.1, -0.05) is 12.1 Å². The number of para-hydroxylation sites is 1. The van der Waals surface area contributed by atoms with Crippen molar-refractivity contribution in [2.45, 2.75) is 19.4 Å². The molecular formula is C14H17N5S. The van der Waals surface area contributed by atoms with Crippen LogP contribution in [-0.2, 0) is 13.5 Å². The van der Waals surface area contributed by atoms with Crippen LogP contribution in [0, 0.1) is 0 Å². The van der Waals surface area contributed by atoms with E-state index in [9.17, 15) is 0 Å². The Morgan fingerprint density at radius 3 is 2.95 bits per heavy atom. The third-order valence-corrected chi connectivity index (χ3v) is 4.50. The van der Waals surface area contributed by atoms with Gasteiger partial charge in [0.25, 0.3) is 0 Å². The van der Waals surface area contributed by atoms with Crippen molar-refractivity contribution in [3.8, 4) is 0 Å². The van der Waals surface area contributed by atoms with Gasteiger partial charge in [0.15, 0.2) is 0 Å². The molecule has 0 fully saturated rings. The molecule has 0 radical (unpaired) electrons. The largest absolute Gasteiger partial charge is 0.321 e. The Hall–Kier alpha value is -1.79. The minimum absolute atomic E-state index is 0.251. The SMILES string of the molecule is CC(NCCc1nncn1C)c1nc2ccccc2s1. The lowest BCUT2D eigenvalue weighted by Gasteiger charge is -2.10. The minimum Gasteiger partial charge on any atom is -0.321 e. The van der Waals surface area contributed by atoms with Crippen molar-refractivity contribution in [1.29, 1.82) is 0 Å². The van der Waals surface area contributed by atoms with Crippen LogP contribution in [0.15, 0.2) is 30.6 Å². The summed E-state index contributed by atoms with van der Waals surface area (Å²) < 4.78 is 3.19. The summed E-state index contributed by atoms with van der Waals surface area (Å²) in [5.74, 6) is 0.994. The van der Waals surface area contributed by atoms with E-state index < -0.39 is 0 Å². The van der Waals surface area contributed by atoms with Crippen molar-refractivity contribution in [3.63, 3.8) is 0 Å². The Kier molecular flexibility index (Phi) is 3.75. The van der Waals surface area contributed by atoms with Gasteiger partial charge in [-0.25, -0.2) is 4.98 Å². The summed E-state index contributed by atoms with van der Waals surface area (Å²) in [7, 11) is 1.96. The fourth-order valence-electron chi connectivity index (χ4n) is 2.10. The number of hydrogen-bond acceptors (Lipinski definition) is 5. The molecule has 20 heavy (non-hydrogen) atoms. The topological polar surface area (TPSA) is 55.6 Å². The maximum Gasteiger partial charge on any atom is 0.133 e. The van der Waals surface area contributed by atoms with E-state index in [1.165, 1.54) is 4.70 Å². The van der Waals surface area contributed by atoms with Crippen LogP contribution in [0.4, 0.5) is 0 Å². The normalized spacial score (nSPS) is 12.9. The van der Waals surface area contributed by atoms with E-state index >= 15 is 0 Å². The lowest BCUT2D eigenvalue weighted by Crippen LogP contribution is -2.22. The molecule has 1 N–H and O–H groups in total. The minimum atomic E-state index is 0.251. The van der Waals surface area contributed by atoms with Crippen LogP contribution in [-0.4, -0.2) is 26.3 Å². The summed E-state index contributed by atoms with van der Waals surface area (Å²) in [6, 6.07) is 8.50. The number of fused-ring (bicyclic) bond motifs is 1. The lowest BCUT2D eigenvalue weighted by atomic mass is 10.3. The standard InChI is InChI=1S/C14H17N5S/c1-10(15-8-7-13-18-16-9-19(13)2)14-17-11-5-3-4-6-12(11)20-14/h3-6,9-10,15H,7-8H2,1-2H3. The predicted molar refractivity (Wildman–Crippen MR) is 80.7 cm³/mol. The van der Waals surface area contributed by atoms with Gasteiger partial charge in [0, 0.05) is 20.0 Å².